The lowest BCUT2D eigenvalue weighted by Crippen LogP contribution is -2.03. The number of aromatic nitrogens is 1. The Kier molecular flexibility index (Phi) is 6.45. The van der Waals surface area contributed by atoms with Gasteiger partial charge in [-0.25, -0.2) is 4.98 Å². The fourth-order valence-electron chi connectivity index (χ4n) is 2.46. The summed E-state index contributed by atoms with van der Waals surface area (Å²) in [6, 6.07) is 17.4. The van der Waals surface area contributed by atoms with Crippen LogP contribution in [0, 0.1) is 11.2 Å². The van der Waals surface area contributed by atoms with E-state index in [2.05, 4.69) is 34.9 Å². The first-order valence-corrected chi connectivity index (χ1v) is 11.8. The van der Waals surface area contributed by atoms with Crippen LogP contribution >= 0.6 is 10.0 Å². The van der Waals surface area contributed by atoms with Crippen LogP contribution in [0.1, 0.15) is 5.69 Å². The van der Waals surface area contributed by atoms with Crippen LogP contribution in [0.25, 0.3) is 10.9 Å². The average Bonchev–Trinajstić information content (AvgIpc) is 2.67. The minimum atomic E-state index is -0.879. The lowest BCUT2D eigenvalue weighted by atomic mass is 10.2. The molecule has 0 unspecified atom stereocenters. The molecule has 5 heteroatoms. The van der Waals surface area contributed by atoms with Gasteiger partial charge in [-0.05, 0) is 78.5 Å². The van der Waals surface area contributed by atoms with Crippen molar-refractivity contribution in [3.8, 4) is 28.4 Å². The molecule has 0 amide bonds. The van der Waals surface area contributed by atoms with Crippen molar-refractivity contribution in [1.82, 2.24) is 4.98 Å². The fourth-order valence-corrected chi connectivity index (χ4v) is 2.88. The van der Waals surface area contributed by atoms with Crippen molar-refractivity contribution in [1.29, 1.82) is 0 Å². The van der Waals surface area contributed by atoms with Gasteiger partial charge in [0.15, 0.2) is 0 Å². The van der Waals surface area contributed by atoms with Gasteiger partial charge in [0.05, 0.1) is 12.1 Å². The predicted molar refractivity (Wildman–Crippen MR) is 118 cm³/mol. The van der Waals surface area contributed by atoms with Gasteiger partial charge in [0, 0.05) is 12.5 Å². The van der Waals surface area contributed by atoms with Crippen LogP contribution in [-0.2, 0) is 4.74 Å². The number of ether oxygens (including phenoxy) is 3. The van der Waals surface area contributed by atoms with Crippen molar-refractivity contribution in [3.05, 3.63) is 60.3 Å². The Morgan fingerprint density at radius 1 is 0.893 bits per heavy atom. The second-order valence-corrected chi connectivity index (χ2v) is 10.9. The standard InChI is InChI=1S/C23H25NO3S/c1-25-15-16-26-19-9-11-20(12-10-19)27-23-7-5-6-22-21(23)13-8-18(24-22)14-17-28(2,3)4/h5-13H,15-16H2,1-4H3. The van der Waals surface area contributed by atoms with Crippen molar-refractivity contribution >= 4 is 20.9 Å². The van der Waals surface area contributed by atoms with Crippen LogP contribution in [-0.4, -0.2) is 44.1 Å². The largest absolute Gasteiger partial charge is 0.491 e. The Balaban J connectivity index is 1.78. The molecule has 0 spiro atoms. The molecule has 1 aromatic heterocycles. The van der Waals surface area contributed by atoms with Crippen LogP contribution in [0.5, 0.6) is 17.2 Å². The van der Waals surface area contributed by atoms with E-state index >= 15 is 0 Å². The van der Waals surface area contributed by atoms with Gasteiger partial charge in [-0.2, -0.15) is 10.0 Å². The van der Waals surface area contributed by atoms with E-state index in [0.717, 1.165) is 33.8 Å². The predicted octanol–water partition coefficient (Wildman–Crippen LogP) is 5.06. The Morgan fingerprint density at radius 2 is 1.64 bits per heavy atom. The SMILES string of the molecule is COCCOc1ccc(Oc2cccc3nc(C#CS(C)(C)C)ccc23)cc1. The maximum atomic E-state index is 6.07. The van der Waals surface area contributed by atoms with Crippen molar-refractivity contribution < 1.29 is 14.2 Å². The van der Waals surface area contributed by atoms with E-state index in [-0.39, 0.29) is 0 Å². The first-order chi connectivity index (χ1) is 13.4. The molecule has 0 radical (unpaired) electrons. The maximum absolute atomic E-state index is 6.07. The molecule has 0 aliphatic rings. The molecule has 28 heavy (non-hydrogen) atoms. The molecule has 0 bridgehead atoms. The van der Waals surface area contributed by atoms with E-state index in [1.807, 2.05) is 54.6 Å². The Labute approximate surface area is 168 Å². The van der Waals surface area contributed by atoms with Gasteiger partial charge < -0.3 is 14.2 Å². The van der Waals surface area contributed by atoms with E-state index in [9.17, 15) is 0 Å². The summed E-state index contributed by atoms with van der Waals surface area (Å²) in [7, 11) is 0.775. The van der Waals surface area contributed by atoms with Crippen LogP contribution in [0.4, 0.5) is 0 Å². The van der Waals surface area contributed by atoms with Gasteiger partial charge in [-0.1, -0.05) is 6.07 Å². The molecule has 0 N–H and O–H groups in total. The summed E-state index contributed by atoms with van der Waals surface area (Å²) >= 11 is 0. The van der Waals surface area contributed by atoms with E-state index in [1.165, 1.54) is 0 Å². The molecule has 0 aliphatic carbocycles. The molecule has 0 aliphatic heterocycles. The molecule has 1 heterocycles. The number of hydrogen-bond donors (Lipinski definition) is 0. The molecule has 4 nitrogen and oxygen atoms in total. The van der Waals surface area contributed by atoms with E-state index in [1.54, 1.807) is 7.11 Å². The summed E-state index contributed by atoms with van der Waals surface area (Å²) in [4.78, 5) is 4.66. The fraction of sp³-hybridized carbons (Fsp3) is 0.261. The molecular formula is C23H25NO3S. The number of rotatable bonds is 6. The van der Waals surface area contributed by atoms with Crippen molar-refractivity contribution in [3.63, 3.8) is 0 Å². The highest BCUT2D eigenvalue weighted by atomic mass is 32.3. The molecular weight excluding hydrogens is 370 g/mol. The lowest BCUT2D eigenvalue weighted by molar-refractivity contribution is 0.146. The second kappa shape index (κ2) is 9.01. The highest BCUT2D eigenvalue weighted by molar-refractivity contribution is 8.35. The summed E-state index contributed by atoms with van der Waals surface area (Å²) in [5.74, 6) is 5.48. The normalized spacial score (nSPS) is 11.6. The first-order valence-electron chi connectivity index (χ1n) is 8.95. The zero-order valence-corrected chi connectivity index (χ0v) is 17.5. The zero-order valence-electron chi connectivity index (χ0n) is 16.7. The van der Waals surface area contributed by atoms with Gasteiger partial charge in [0.2, 0.25) is 0 Å². The molecule has 3 rings (SSSR count). The van der Waals surface area contributed by atoms with E-state index < -0.39 is 10.0 Å². The smallest absolute Gasteiger partial charge is 0.136 e. The average molecular weight is 396 g/mol. The summed E-state index contributed by atoms with van der Waals surface area (Å²) in [5, 5.41) is 4.26. The van der Waals surface area contributed by atoms with Gasteiger partial charge in [-0.3, -0.25) is 0 Å². The van der Waals surface area contributed by atoms with E-state index in [0.29, 0.717) is 13.2 Å². The summed E-state index contributed by atoms with van der Waals surface area (Å²) in [6.45, 7) is 1.08. The van der Waals surface area contributed by atoms with Crippen molar-refractivity contribution in [2.24, 2.45) is 0 Å². The summed E-state index contributed by atoms with van der Waals surface area (Å²) in [5.41, 5.74) is 1.65. The molecule has 2 aromatic carbocycles. The monoisotopic (exact) mass is 395 g/mol. The van der Waals surface area contributed by atoms with Gasteiger partial charge in [0.25, 0.3) is 0 Å². The summed E-state index contributed by atoms with van der Waals surface area (Å²) < 4.78 is 16.6. The minimum absolute atomic E-state index is 0.521. The topological polar surface area (TPSA) is 40.6 Å². The number of methoxy groups -OCH3 is 1. The van der Waals surface area contributed by atoms with Crippen molar-refractivity contribution in [2.75, 3.05) is 39.1 Å². The maximum Gasteiger partial charge on any atom is 0.136 e. The third-order valence-electron chi connectivity index (χ3n) is 3.78. The van der Waals surface area contributed by atoms with Crippen LogP contribution < -0.4 is 9.47 Å². The number of hydrogen-bond acceptors (Lipinski definition) is 4. The van der Waals surface area contributed by atoms with Crippen LogP contribution in [0.3, 0.4) is 0 Å². The first kappa shape index (κ1) is 20.1. The quantitative estimate of drug-likeness (QED) is 0.432. The highest BCUT2D eigenvalue weighted by Gasteiger charge is 2.06. The third kappa shape index (κ3) is 5.66. The van der Waals surface area contributed by atoms with Gasteiger partial charge >= 0.3 is 0 Å². The lowest BCUT2D eigenvalue weighted by Gasteiger charge is -2.14. The van der Waals surface area contributed by atoms with Gasteiger partial charge in [-0.15, -0.1) is 0 Å². The Morgan fingerprint density at radius 3 is 2.36 bits per heavy atom. The Hall–Kier alpha value is -2.68. The second-order valence-electron chi connectivity index (χ2n) is 7.00. The molecule has 0 saturated heterocycles. The third-order valence-corrected chi connectivity index (χ3v) is 4.50. The molecule has 3 aromatic rings. The number of pyridine rings is 1. The molecule has 0 saturated carbocycles. The minimum Gasteiger partial charge on any atom is -0.491 e. The van der Waals surface area contributed by atoms with Gasteiger partial charge in [0.1, 0.15) is 29.5 Å². The van der Waals surface area contributed by atoms with Crippen LogP contribution in [0.15, 0.2) is 54.6 Å². The molecule has 146 valence electrons. The highest BCUT2D eigenvalue weighted by Crippen LogP contribution is 2.33. The summed E-state index contributed by atoms with van der Waals surface area (Å²) in [6.07, 6.45) is 6.50. The Bertz CT molecular complexity index is 998. The number of fused-ring (bicyclic) bond motifs is 1. The molecule has 0 atom stereocenters. The number of nitrogens with zero attached hydrogens (tertiary/aromatic N) is 1. The van der Waals surface area contributed by atoms with Crippen molar-refractivity contribution in [2.45, 2.75) is 0 Å². The molecule has 0 fully saturated rings. The zero-order chi connectivity index (χ0) is 20.0. The number of benzene rings is 2. The van der Waals surface area contributed by atoms with E-state index in [4.69, 9.17) is 14.2 Å². The van der Waals surface area contributed by atoms with Crippen LogP contribution in [0.2, 0.25) is 0 Å².